The largest absolute Gasteiger partial charge is 0.468 e. The van der Waals surface area contributed by atoms with Crippen molar-refractivity contribution in [1.82, 2.24) is 4.90 Å². The predicted molar refractivity (Wildman–Crippen MR) is 54.9 cm³/mol. The van der Waals surface area contributed by atoms with E-state index in [9.17, 15) is 4.79 Å². The van der Waals surface area contributed by atoms with E-state index in [-0.39, 0.29) is 5.97 Å². The van der Waals surface area contributed by atoms with Gasteiger partial charge < -0.3 is 15.4 Å². The standard InChI is InChI=1S/C10H20N2O2/c1-7-5-10(11,9(13)14-4)6-8(2)12(7)3/h7-8H,5-6,11H2,1-4H3/t7-,8+,10?. The van der Waals surface area contributed by atoms with Crippen LogP contribution in [0, 0.1) is 0 Å². The zero-order chi connectivity index (χ0) is 10.9. The number of hydrogen-bond acceptors (Lipinski definition) is 4. The van der Waals surface area contributed by atoms with Crippen LogP contribution < -0.4 is 5.73 Å². The maximum Gasteiger partial charge on any atom is 0.325 e. The van der Waals surface area contributed by atoms with E-state index in [0.29, 0.717) is 24.9 Å². The number of carbonyl (C=O) groups is 1. The van der Waals surface area contributed by atoms with Gasteiger partial charge in [0, 0.05) is 12.1 Å². The van der Waals surface area contributed by atoms with Gasteiger partial charge in [-0.15, -0.1) is 0 Å². The first-order chi connectivity index (χ1) is 6.40. The van der Waals surface area contributed by atoms with E-state index in [0.717, 1.165) is 0 Å². The van der Waals surface area contributed by atoms with Crippen LogP contribution in [0.2, 0.25) is 0 Å². The number of nitrogens with two attached hydrogens (primary N) is 1. The molecule has 1 heterocycles. The molecule has 1 aliphatic rings. The highest BCUT2D eigenvalue weighted by molar-refractivity contribution is 5.80. The van der Waals surface area contributed by atoms with E-state index in [1.807, 2.05) is 0 Å². The van der Waals surface area contributed by atoms with Gasteiger partial charge in [0.25, 0.3) is 0 Å². The van der Waals surface area contributed by atoms with Crippen LogP contribution >= 0.6 is 0 Å². The topological polar surface area (TPSA) is 55.6 Å². The van der Waals surface area contributed by atoms with Crippen molar-refractivity contribution >= 4 is 5.97 Å². The molecule has 0 bridgehead atoms. The second-order valence-corrected chi connectivity index (χ2v) is 4.42. The number of ether oxygens (including phenoxy) is 1. The number of nitrogens with zero attached hydrogens (tertiary/aromatic N) is 1. The van der Waals surface area contributed by atoms with Gasteiger partial charge in [0.15, 0.2) is 0 Å². The monoisotopic (exact) mass is 200 g/mol. The van der Waals surface area contributed by atoms with E-state index in [1.54, 1.807) is 0 Å². The van der Waals surface area contributed by atoms with Gasteiger partial charge in [-0.05, 0) is 33.7 Å². The molecular weight excluding hydrogens is 180 g/mol. The van der Waals surface area contributed by atoms with E-state index in [2.05, 4.69) is 25.8 Å². The molecule has 14 heavy (non-hydrogen) atoms. The summed E-state index contributed by atoms with van der Waals surface area (Å²) in [6, 6.07) is 0.644. The Morgan fingerprint density at radius 2 is 1.86 bits per heavy atom. The zero-order valence-corrected chi connectivity index (χ0v) is 9.41. The Hall–Kier alpha value is -0.610. The van der Waals surface area contributed by atoms with E-state index in [4.69, 9.17) is 10.5 Å². The highest BCUT2D eigenvalue weighted by atomic mass is 16.5. The minimum atomic E-state index is -0.792. The van der Waals surface area contributed by atoms with Crippen LogP contribution in [-0.4, -0.2) is 42.6 Å². The molecule has 0 aromatic heterocycles. The molecule has 4 nitrogen and oxygen atoms in total. The lowest BCUT2D eigenvalue weighted by atomic mass is 9.81. The van der Waals surface area contributed by atoms with Crippen molar-refractivity contribution in [3.8, 4) is 0 Å². The minimum absolute atomic E-state index is 0.288. The third kappa shape index (κ3) is 1.91. The lowest BCUT2D eigenvalue weighted by molar-refractivity contribution is -0.150. The molecule has 0 aromatic carbocycles. The molecule has 1 unspecified atom stereocenters. The Kier molecular flexibility index (Phi) is 3.17. The summed E-state index contributed by atoms with van der Waals surface area (Å²) in [4.78, 5) is 13.8. The Morgan fingerprint density at radius 1 is 1.43 bits per heavy atom. The molecule has 0 spiro atoms. The van der Waals surface area contributed by atoms with Gasteiger partial charge in [-0.1, -0.05) is 0 Å². The Balaban J connectivity index is 2.78. The van der Waals surface area contributed by atoms with Crippen LogP contribution in [0.3, 0.4) is 0 Å². The lowest BCUT2D eigenvalue weighted by Crippen LogP contribution is -2.60. The molecule has 4 heteroatoms. The molecule has 1 saturated heterocycles. The van der Waals surface area contributed by atoms with Gasteiger partial charge in [0.05, 0.1) is 7.11 Å². The summed E-state index contributed by atoms with van der Waals surface area (Å²) < 4.78 is 4.74. The lowest BCUT2D eigenvalue weighted by Gasteiger charge is -2.44. The van der Waals surface area contributed by atoms with Crippen LogP contribution in [0.15, 0.2) is 0 Å². The first kappa shape index (κ1) is 11.5. The molecule has 1 fully saturated rings. The summed E-state index contributed by atoms with van der Waals surface area (Å²) in [6.07, 6.45) is 1.33. The zero-order valence-electron chi connectivity index (χ0n) is 9.41. The second kappa shape index (κ2) is 3.87. The quantitative estimate of drug-likeness (QED) is 0.621. The van der Waals surface area contributed by atoms with Crippen molar-refractivity contribution in [3.05, 3.63) is 0 Å². The molecule has 3 atom stereocenters. The average molecular weight is 200 g/mol. The van der Waals surface area contributed by atoms with Crippen molar-refractivity contribution < 1.29 is 9.53 Å². The molecular formula is C10H20N2O2. The summed E-state index contributed by atoms with van der Waals surface area (Å²) in [5, 5.41) is 0. The third-order valence-corrected chi connectivity index (χ3v) is 3.30. The number of methoxy groups -OCH3 is 1. The smallest absolute Gasteiger partial charge is 0.325 e. The van der Waals surface area contributed by atoms with Gasteiger partial charge in [-0.25, -0.2) is 0 Å². The fraction of sp³-hybridized carbons (Fsp3) is 0.900. The minimum Gasteiger partial charge on any atom is -0.468 e. The van der Waals surface area contributed by atoms with Crippen molar-refractivity contribution in [2.24, 2.45) is 5.73 Å². The third-order valence-electron chi connectivity index (χ3n) is 3.30. The van der Waals surface area contributed by atoms with Crippen LogP contribution in [-0.2, 0) is 9.53 Å². The summed E-state index contributed by atoms with van der Waals surface area (Å²) in [6.45, 7) is 4.17. The van der Waals surface area contributed by atoms with Gasteiger partial charge >= 0.3 is 5.97 Å². The number of carbonyl (C=O) groups excluding carboxylic acids is 1. The molecule has 0 aromatic rings. The Bertz CT molecular complexity index is 218. The predicted octanol–water partition coefficient (Wildman–Crippen LogP) is 0.360. The van der Waals surface area contributed by atoms with Gasteiger partial charge in [-0.3, -0.25) is 4.79 Å². The normalized spacial score (nSPS) is 39.5. The Labute approximate surface area is 85.4 Å². The van der Waals surface area contributed by atoms with Crippen molar-refractivity contribution in [3.63, 3.8) is 0 Å². The average Bonchev–Trinajstić information content (AvgIpc) is 2.12. The van der Waals surface area contributed by atoms with Crippen LogP contribution in [0.1, 0.15) is 26.7 Å². The van der Waals surface area contributed by atoms with E-state index >= 15 is 0 Å². The number of hydrogen-bond donors (Lipinski definition) is 1. The van der Waals surface area contributed by atoms with Crippen LogP contribution in [0.25, 0.3) is 0 Å². The van der Waals surface area contributed by atoms with Crippen LogP contribution in [0.5, 0.6) is 0 Å². The van der Waals surface area contributed by atoms with Gasteiger partial charge in [0.1, 0.15) is 5.54 Å². The number of rotatable bonds is 1. The molecule has 1 aliphatic heterocycles. The van der Waals surface area contributed by atoms with Gasteiger partial charge in [0.2, 0.25) is 0 Å². The second-order valence-electron chi connectivity index (χ2n) is 4.42. The molecule has 0 saturated carbocycles. The highest BCUT2D eigenvalue weighted by Gasteiger charge is 2.43. The summed E-state index contributed by atoms with van der Waals surface area (Å²) >= 11 is 0. The fourth-order valence-electron chi connectivity index (χ4n) is 2.23. The summed E-state index contributed by atoms with van der Waals surface area (Å²) in [5.74, 6) is -0.288. The van der Waals surface area contributed by atoms with E-state index in [1.165, 1.54) is 7.11 Å². The number of esters is 1. The van der Waals surface area contributed by atoms with Crippen LogP contribution in [0.4, 0.5) is 0 Å². The van der Waals surface area contributed by atoms with Crippen molar-refractivity contribution in [1.29, 1.82) is 0 Å². The molecule has 0 amide bonds. The molecule has 2 N–H and O–H groups in total. The number of piperidine rings is 1. The van der Waals surface area contributed by atoms with Gasteiger partial charge in [-0.2, -0.15) is 0 Å². The Morgan fingerprint density at radius 3 is 2.21 bits per heavy atom. The molecule has 0 radical (unpaired) electrons. The van der Waals surface area contributed by atoms with Crippen molar-refractivity contribution in [2.45, 2.75) is 44.3 Å². The number of likely N-dealkylation sites (tertiary alicyclic amines) is 1. The molecule has 0 aliphatic carbocycles. The van der Waals surface area contributed by atoms with Crippen molar-refractivity contribution in [2.75, 3.05) is 14.2 Å². The molecule has 1 rings (SSSR count). The maximum absolute atomic E-state index is 11.5. The first-order valence-corrected chi connectivity index (χ1v) is 5.00. The molecule has 82 valence electrons. The first-order valence-electron chi connectivity index (χ1n) is 5.00. The summed E-state index contributed by atoms with van der Waals surface area (Å²) in [5.41, 5.74) is 5.26. The SMILES string of the molecule is COC(=O)C1(N)C[C@@H](C)N(C)[C@@H](C)C1. The highest BCUT2D eigenvalue weighted by Crippen LogP contribution is 2.28. The fourth-order valence-corrected chi connectivity index (χ4v) is 2.23. The maximum atomic E-state index is 11.5. The summed E-state index contributed by atoms with van der Waals surface area (Å²) in [7, 11) is 3.46. The van der Waals surface area contributed by atoms with E-state index < -0.39 is 5.54 Å².